The number of benzene rings is 3. The number of ether oxygens (including phenoxy) is 1. The van der Waals surface area contributed by atoms with Crippen molar-refractivity contribution in [2.75, 3.05) is 5.75 Å². The molecule has 4 rings (SSSR count). The van der Waals surface area contributed by atoms with Gasteiger partial charge in [-0.3, -0.25) is 9.11 Å². The van der Waals surface area contributed by atoms with E-state index in [0.29, 0.717) is 0 Å². The number of hydrogen-bond donors (Lipinski definition) is 3. The van der Waals surface area contributed by atoms with Gasteiger partial charge in [0, 0.05) is 5.56 Å². The van der Waals surface area contributed by atoms with Gasteiger partial charge in [0.05, 0.1) is 15.5 Å². The number of carboxylic acids is 1. The van der Waals surface area contributed by atoms with Crippen LogP contribution >= 0.6 is 10.6 Å². The van der Waals surface area contributed by atoms with Crippen LogP contribution in [0.25, 0.3) is 0 Å². The smallest absolute Gasteiger partial charge is 0.339 e. The highest BCUT2D eigenvalue weighted by Gasteiger charge is 2.46. The van der Waals surface area contributed by atoms with Crippen LogP contribution in [0.2, 0.25) is 0 Å². The normalized spacial score (nSPS) is 18.2. The average Bonchev–Trinajstić information content (AvgIpc) is 3.04. The minimum Gasteiger partial charge on any atom is -0.488 e. The molecular formula is C22H20O7S2. The lowest BCUT2D eigenvalue weighted by molar-refractivity contribution is 0.0690. The van der Waals surface area contributed by atoms with E-state index < -0.39 is 37.4 Å². The van der Waals surface area contributed by atoms with Crippen molar-refractivity contribution in [1.82, 2.24) is 0 Å². The number of aromatic carboxylic acids is 1. The van der Waals surface area contributed by atoms with Gasteiger partial charge in [-0.1, -0.05) is 48.5 Å². The van der Waals surface area contributed by atoms with Gasteiger partial charge in [0.1, 0.15) is 23.2 Å². The molecule has 0 aromatic heterocycles. The molecule has 0 spiro atoms. The highest BCUT2D eigenvalue weighted by Crippen LogP contribution is 2.63. The fraction of sp³-hybridized carbons (Fsp3) is 0.136. The van der Waals surface area contributed by atoms with E-state index in [2.05, 4.69) is 0 Å². The van der Waals surface area contributed by atoms with E-state index >= 15 is 0 Å². The van der Waals surface area contributed by atoms with Gasteiger partial charge in [-0.25, -0.2) is 13.2 Å². The molecule has 3 N–H and O–H groups in total. The van der Waals surface area contributed by atoms with Crippen molar-refractivity contribution < 1.29 is 32.2 Å². The van der Waals surface area contributed by atoms with Crippen LogP contribution in [0.1, 0.15) is 26.7 Å². The van der Waals surface area contributed by atoms with Crippen LogP contribution in [0, 0.1) is 0 Å². The van der Waals surface area contributed by atoms with E-state index in [0.717, 1.165) is 5.56 Å². The van der Waals surface area contributed by atoms with Gasteiger partial charge in [-0.05, 0) is 29.8 Å². The molecule has 0 bridgehead atoms. The van der Waals surface area contributed by atoms with E-state index in [1.807, 2.05) is 30.3 Å². The summed E-state index contributed by atoms with van der Waals surface area (Å²) < 4.78 is 53.5. The Balaban J connectivity index is 1.84. The summed E-state index contributed by atoms with van der Waals surface area (Å²) in [5, 5.41) is 8.51. The van der Waals surface area contributed by atoms with Gasteiger partial charge in [-0.15, -0.1) is 0 Å². The average molecular weight is 461 g/mol. The summed E-state index contributed by atoms with van der Waals surface area (Å²) in [6, 6.07) is 19.4. The van der Waals surface area contributed by atoms with E-state index in [1.54, 1.807) is 18.2 Å². The first-order valence-corrected chi connectivity index (χ1v) is 12.6. The van der Waals surface area contributed by atoms with E-state index in [-0.39, 0.29) is 33.3 Å². The Labute approximate surface area is 181 Å². The van der Waals surface area contributed by atoms with Crippen molar-refractivity contribution in [1.29, 1.82) is 0 Å². The maximum Gasteiger partial charge on any atom is 0.339 e. The molecule has 9 heteroatoms. The maximum atomic E-state index is 13.3. The molecule has 0 saturated heterocycles. The Kier molecular flexibility index (Phi) is 5.52. The number of carbonyl (C=O) groups is 1. The van der Waals surface area contributed by atoms with Gasteiger partial charge < -0.3 is 9.84 Å². The summed E-state index contributed by atoms with van der Waals surface area (Å²) in [4.78, 5) is 12.1. The first-order valence-electron chi connectivity index (χ1n) is 9.33. The zero-order valence-electron chi connectivity index (χ0n) is 16.2. The standard InChI is InChI=1S/C22H20O7S2/c23-22(24)20-17(29-13-15-7-3-1-4-8-15)11-12-18-21(20)19(14-30(18,25)26)31(27,28)16-9-5-2-6-10-16/h1-12,19,25-26H,13-14H2,(H,23,24). The lowest BCUT2D eigenvalue weighted by Gasteiger charge is -2.27. The van der Waals surface area contributed by atoms with Crippen LogP contribution in [-0.2, 0) is 16.4 Å². The van der Waals surface area contributed by atoms with E-state index in [1.165, 1.54) is 24.3 Å². The molecule has 0 fully saturated rings. The summed E-state index contributed by atoms with van der Waals surface area (Å²) in [5.74, 6) is -1.92. The zero-order chi connectivity index (χ0) is 22.2. The summed E-state index contributed by atoms with van der Waals surface area (Å²) in [6.45, 7) is 0.0757. The molecule has 0 amide bonds. The predicted molar refractivity (Wildman–Crippen MR) is 117 cm³/mol. The Morgan fingerprint density at radius 3 is 2.19 bits per heavy atom. The molecule has 0 saturated carbocycles. The molecule has 3 aromatic carbocycles. The molecule has 1 unspecified atom stereocenters. The van der Waals surface area contributed by atoms with Gasteiger partial charge in [0.15, 0.2) is 9.84 Å². The Morgan fingerprint density at radius 1 is 0.968 bits per heavy atom. The van der Waals surface area contributed by atoms with Crippen molar-refractivity contribution in [2.24, 2.45) is 0 Å². The van der Waals surface area contributed by atoms with Crippen LogP contribution in [0.15, 0.2) is 82.6 Å². The monoisotopic (exact) mass is 460 g/mol. The van der Waals surface area contributed by atoms with E-state index in [4.69, 9.17) is 4.74 Å². The van der Waals surface area contributed by atoms with Gasteiger partial charge >= 0.3 is 5.97 Å². The Bertz CT molecular complexity index is 1220. The van der Waals surface area contributed by atoms with Crippen molar-refractivity contribution in [2.45, 2.75) is 21.6 Å². The highest BCUT2D eigenvalue weighted by molar-refractivity contribution is 8.25. The maximum absolute atomic E-state index is 13.3. The molecule has 1 aliphatic rings. The molecule has 1 atom stereocenters. The van der Waals surface area contributed by atoms with Crippen LogP contribution < -0.4 is 4.74 Å². The summed E-state index contributed by atoms with van der Waals surface area (Å²) >= 11 is 0. The van der Waals surface area contributed by atoms with E-state index in [9.17, 15) is 27.4 Å². The number of rotatable bonds is 6. The predicted octanol–water partition coefficient (Wildman–Crippen LogP) is 4.60. The Morgan fingerprint density at radius 2 is 1.58 bits per heavy atom. The second kappa shape index (κ2) is 8.01. The van der Waals surface area contributed by atoms with Crippen molar-refractivity contribution in [3.63, 3.8) is 0 Å². The summed E-state index contributed by atoms with van der Waals surface area (Å²) in [7, 11) is -7.56. The molecule has 162 valence electrons. The van der Waals surface area contributed by atoms with Crippen LogP contribution in [0.4, 0.5) is 0 Å². The third-order valence-corrected chi connectivity index (χ3v) is 9.27. The number of fused-ring (bicyclic) bond motifs is 1. The minimum atomic E-state index is -4.08. The van der Waals surface area contributed by atoms with Crippen molar-refractivity contribution in [3.8, 4) is 5.75 Å². The third kappa shape index (κ3) is 3.92. The SMILES string of the molecule is O=C(O)c1c(OCc2ccccc2)ccc2c1C(S(=O)(=O)c1ccccc1)CS2(O)O. The Hall–Kier alpha value is -2.85. The topological polar surface area (TPSA) is 121 Å². The van der Waals surface area contributed by atoms with Crippen molar-refractivity contribution >= 4 is 26.4 Å². The summed E-state index contributed by atoms with van der Waals surface area (Å²) in [6.07, 6.45) is 0. The molecule has 3 aromatic rings. The molecule has 0 radical (unpaired) electrons. The van der Waals surface area contributed by atoms with Crippen LogP contribution in [0.5, 0.6) is 5.75 Å². The molecule has 1 heterocycles. The number of carboxylic acid groups (broad SMARTS) is 1. The fourth-order valence-corrected chi connectivity index (χ4v) is 8.10. The zero-order valence-corrected chi connectivity index (χ0v) is 17.8. The largest absolute Gasteiger partial charge is 0.488 e. The molecule has 1 aliphatic heterocycles. The third-order valence-electron chi connectivity index (χ3n) is 5.12. The first kappa shape index (κ1) is 21.4. The molecular weight excluding hydrogens is 440 g/mol. The van der Waals surface area contributed by atoms with Gasteiger partial charge in [0.25, 0.3) is 0 Å². The number of hydrogen-bond acceptors (Lipinski definition) is 6. The van der Waals surface area contributed by atoms with Gasteiger partial charge in [-0.2, -0.15) is 10.6 Å². The second-order valence-electron chi connectivity index (χ2n) is 7.11. The minimum absolute atomic E-state index is 0.0185. The molecule has 7 nitrogen and oxygen atoms in total. The first-order chi connectivity index (χ1) is 14.7. The van der Waals surface area contributed by atoms with Crippen LogP contribution in [0.3, 0.4) is 0 Å². The fourth-order valence-electron chi connectivity index (χ4n) is 3.66. The summed E-state index contributed by atoms with van der Waals surface area (Å²) in [5.41, 5.74) is 0.314. The second-order valence-corrected chi connectivity index (χ2v) is 11.3. The quantitative estimate of drug-likeness (QED) is 0.491. The number of sulfone groups is 1. The van der Waals surface area contributed by atoms with Crippen molar-refractivity contribution in [3.05, 3.63) is 89.5 Å². The van der Waals surface area contributed by atoms with Crippen LogP contribution in [-0.4, -0.2) is 34.4 Å². The molecule has 0 aliphatic carbocycles. The van der Waals surface area contributed by atoms with Gasteiger partial charge in [0.2, 0.25) is 0 Å². The lowest BCUT2D eigenvalue weighted by Crippen LogP contribution is -2.18. The highest BCUT2D eigenvalue weighted by atomic mass is 32.3. The molecule has 31 heavy (non-hydrogen) atoms. The lowest BCUT2D eigenvalue weighted by atomic mass is 10.0.